The van der Waals surface area contributed by atoms with E-state index in [2.05, 4.69) is 4.72 Å². The molecule has 1 aromatic rings. The minimum absolute atomic E-state index is 0.00518. The predicted octanol–water partition coefficient (Wildman–Crippen LogP) is 1.52. The van der Waals surface area contributed by atoms with Gasteiger partial charge in [-0.15, -0.1) is 11.3 Å². The van der Waals surface area contributed by atoms with Gasteiger partial charge < -0.3 is 10.2 Å². The Morgan fingerprint density at radius 2 is 2.15 bits per heavy atom. The fourth-order valence-corrected chi connectivity index (χ4v) is 4.28. The van der Waals surface area contributed by atoms with Crippen LogP contribution in [0.3, 0.4) is 0 Å². The van der Waals surface area contributed by atoms with E-state index in [0.29, 0.717) is 6.42 Å². The van der Waals surface area contributed by atoms with Crippen molar-refractivity contribution in [2.45, 2.75) is 31.1 Å². The summed E-state index contributed by atoms with van der Waals surface area (Å²) in [6.07, 6.45) is 2.22. The maximum atomic E-state index is 12.1. The number of carboxylic acid groups (broad SMARTS) is 1. The van der Waals surface area contributed by atoms with Gasteiger partial charge in [-0.3, -0.25) is 0 Å². The number of carbonyl (C=O) groups is 1. The lowest BCUT2D eigenvalue weighted by Crippen LogP contribution is -2.30. The van der Waals surface area contributed by atoms with Crippen molar-refractivity contribution in [2.75, 3.05) is 13.2 Å². The Kier molecular flexibility index (Phi) is 6.60. The van der Waals surface area contributed by atoms with Crippen molar-refractivity contribution in [2.24, 2.45) is 5.92 Å². The van der Waals surface area contributed by atoms with Gasteiger partial charge in [0, 0.05) is 13.2 Å². The second-order valence-corrected chi connectivity index (χ2v) is 7.09. The first-order chi connectivity index (χ1) is 9.42. The lowest BCUT2D eigenvalue weighted by molar-refractivity contribution is 0.0698. The van der Waals surface area contributed by atoms with Crippen LogP contribution < -0.4 is 4.72 Å². The third-order valence-electron chi connectivity index (χ3n) is 2.91. The van der Waals surface area contributed by atoms with Crippen molar-refractivity contribution in [3.8, 4) is 0 Å². The Morgan fingerprint density at radius 3 is 2.70 bits per heavy atom. The van der Waals surface area contributed by atoms with Crippen LogP contribution >= 0.6 is 11.3 Å². The Morgan fingerprint density at radius 1 is 1.45 bits per heavy atom. The van der Waals surface area contributed by atoms with Gasteiger partial charge in [0.1, 0.15) is 9.77 Å². The lowest BCUT2D eigenvalue weighted by Gasteiger charge is -2.15. The van der Waals surface area contributed by atoms with Crippen molar-refractivity contribution in [1.82, 2.24) is 4.72 Å². The third-order valence-corrected chi connectivity index (χ3v) is 5.41. The number of rotatable bonds is 9. The number of hydrogen-bond acceptors (Lipinski definition) is 5. The van der Waals surface area contributed by atoms with Gasteiger partial charge in [-0.2, -0.15) is 0 Å². The van der Waals surface area contributed by atoms with E-state index in [-0.39, 0.29) is 28.8 Å². The van der Waals surface area contributed by atoms with Crippen LogP contribution in [0.5, 0.6) is 0 Å². The van der Waals surface area contributed by atoms with E-state index in [1.807, 2.05) is 6.92 Å². The van der Waals surface area contributed by atoms with Crippen LogP contribution in [0.4, 0.5) is 0 Å². The summed E-state index contributed by atoms with van der Waals surface area (Å²) in [7, 11) is -3.83. The molecule has 1 rings (SSSR count). The number of carboxylic acids is 1. The molecule has 0 radical (unpaired) electrons. The van der Waals surface area contributed by atoms with Crippen LogP contribution in [0.25, 0.3) is 0 Å². The molecule has 1 unspecified atom stereocenters. The summed E-state index contributed by atoms with van der Waals surface area (Å²) in [6.45, 7) is 2.19. The maximum absolute atomic E-state index is 12.1. The van der Waals surface area contributed by atoms with Crippen molar-refractivity contribution >= 4 is 27.3 Å². The minimum atomic E-state index is -3.83. The number of hydrogen-bond donors (Lipinski definition) is 3. The molecule has 1 atom stereocenters. The molecular formula is C12H19NO5S2. The van der Waals surface area contributed by atoms with Gasteiger partial charge in [0.05, 0.1) is 0 Å². The highest BCUT2D eigenvalue weighted by molar-refractivity contribution is 7.89. The molecule has 0 fully saturated rings. The summed E-state index contributed by atoms with van der Waals surface area (Å²) in [5.74, 6) is -1.20. The van der Waals surface area contributed by atoms with Crippen LogP contribution in [-0.4, -0.2) is 37.8 Å². The zero-order valence-corrected chi connectivity index (χ0v) is 12.8. The molecule has 3 N–H and O–H groups in total. The van der Waals surface area contributed by atoms with Crippen molar-refractivity contribution < 1.29 is 23.4 Å². The van der Waals surface area contributed by atoms with Gasteiger partial charge in [0.15, 0.2) is 0 Å². The molecule has 0 aliphatic heterocycles. The number of nitrogens with one attached hydrogen (secondary N) is 1. The fraction of sp³-hybridized carbons (Fsp3) is 0.583. The van der Waals surface area contributed by atoms with E-state index in [1.165, 1.54) is 11.4 Å². The molecule has 0 saturated carbocycles. The van der Waals surface area contributed by atoms with Crippen LogP contribution in [-0.2, 0) is 10.0 Å². The summed E-state index contributed by atoms with van der Waals surface area (Å²) in [5.41, 5.74) is 0. The molecule has 1 heterocycles. The molecule has 114 valence electrons. The fourth-order valence-electron chi connectivity index (χ4n) is 1.91. The van der Waals surface area contributed by atoms with Crippen molar-refractivity contribution in [3.63, 3.8) is 0 Å². The molecule has 6 nitrogen and oxygen atoms in total. The Bertz CT molecular complexity index is 532. The lowest BCUT2D eigenvalue weighted by atomic mass is 10.0. The van der Waals surface area contributed by atoms with Crippen LogP contribution in [0, 0.1) is 5.92 Å². The van der Waals surface area contributed by atoms with Gasteiger partial charge in [-0.05, 0) is 30.2 Å². The maximum Gasteiger partial charge on any atom is 0.347 e. The van der Waals surface area contributed by atoms with E-state index in [0.717, 1.165) is 24.2 Å². The molecule has 0 bridgehead atoms. The molecule has 20 heavy (non-hydrogen) atoms. The highest BCUT2D eigenvalue weighted by Crippen LogP contribution is 2.22. The van der Waals surface area contributed by atoms with E-state index in [9.17, 15) is 13.2 Å². The van der Waals surface area contributed by atoms with Gasteiger partial charge in [-0.1, -0.05) is 13.3 Å². The monoisotopic (exact) mass is 321 g/mol. The zero-order chi connectivity index (χ0) is 15.2. The summed E-state index contributed by atoms with van der Waals surface area (Å²) in [4.78, 5) is 10.6. The van der Waals surface area contributed by atoms with Gasteiger partial charge in [0.25, 0.3) is 0 Å². The normalized spacial score (nSPS) is 13.3. The van der Waals surface area contributed by atoms with Gasteiger partial charge >= 0.3 is 5.97 Å². The topological polar surface area (TPSA) is 104 Å². The minimum Gasteiger partial charge on any atom is -0.477 e. The first kappa shape index (κ1) is 17.1. The summed E-state index contributed by atoms with van der Waals surface area (Å²) < 4.78 is 26.6. The van der Waals surface area contributed by atoms with E-state index in [1.54, 1.807) is 0 Å². The molecule has 0 aliphatic carbocycles. The summed E-state index contributed by atoms with van der Waals surface area (Å²) >= 11 is 0.881. The standard InChI is InChI=1S/C12H19NO5S2/c1-2-3-9(4-6-14)8-13-20(17,18)10-5-7-19-11(10)12(15)16/h5,7,9,13-14H,2-4,6,8H2,1H3,(H,15,16). The second kappa shape index (κ2) is 7.72. The van der Waals surface area contributed by atoms with E-state index in [4.69, 9.17) is 10.2 Å². The molecule has 0 amide bonds. The highest BCUT2D eigenvalue weighted by Gasteiger charge is 2.24. The van der Waals surface area contributed by atoms with Crippen LogP contribution in [0.15, 0.2) is 16.3 Å². The molecular weight excluding hydrogens is 302 g/mol. The van der Waals surface area contributed by atoms with Gasteiger partial charge in [0.2, 0.25) is 10.0 Å². The SMILES string of the molecule is CCCC(CCO)CNS(=O)(=O)c1ccsc1C(=O)O. The number of aliphatic hydroxyl groups excluding tert-OH is 1. The molecule has 0 aliphatic rings. The summed E-state index contributed by atoms with van der Waals surface area (Å²) in [5, 5.41) is 19.3. The molecule has 0 spiro atoms. The first-order valence-corrected chi connectivity index (χ1v) is 8.70. The largest absolute Gasteiger partial charge is 0.477 e. The molecule has 0 aromatic carbocycles. The zero-order valence-electron chi connectivity index (χ0n) is 11.2. The Labute approximate surface area is 122 Å². The quantitative estimate of drug-likeness (QED) is 0.640. The van der Waals surface area contributed by atoms with Crippen LogP contribution in [0.2, 0.25) is 0 Å². The molecule has 1 aromatic heterocycles. The molecule has 0 saturated heterocycles. The van der Waals surface area contributed by atoms with Crippen LogP contribution in [0.1, 0.15) is 35.9 Å². The Balaban J connectivity index is 2.79. The van der Waals surface area contributed by atoms with E-state index >= 15 is 0 Å². The predicted molar refractivity (Wildman–Crippen MR) is 76.6 cm³/mol. The number of sulfonamides is 1. The van der Waals surface area contributed by atoms with Crippen molar-refractivity contribution in [1.29, 1.82) is 0 Å². The number of aromatic carboxylic acids is 1. The molecule has 8 heteroatoms. The van der Waals surface area contributed by atoms with E-state index < -0.39 is 16.0 Å². The summed E-state index contributed by atoms with van der Waals surface area (Å²) in [6, 6.07) is 1.29. The number of thiophene rings is 1. The van der Waals surface area contributed by atoms with Gasteiger partial charge in [-0.25, -0.2) is 17.9 Å². The smallest absolute Gasteiger partial charge is 0.347 e. The first-order valence-electron chi connectivity index (χ1n) is 6.33. The van der Waals surface area contributed by atoms with Crippen molar-refractivity contribution in [3.05, 3.63) is 16.3 Å². The highest BCUT2D eigenvalue weighted by atomic mass is 32.2. The third kappa shape index (κ3) is 4.55. The second-order valence-electron chi connectivity index (χ2n) is 4.44. The average molecular weight is 321 g/mol. The Hall–Kier alpha value is -0.960. The number of aliphatic hydroxyl groups is 1. The average Bonchev–Trinajstić information content (AvgIpc) is 2.87.